The van der Waals surface area contributed by atoms with E-state index in [1.54, 1.807) is 36.3 Å². The molecule has 8 nitrogen and oxygen atoms in total. The number of carboxylic acids is 1. The van der Waals surface area contributed by atoms with E-state index in [1.165, 1.54) is 11.3 Å². The van der Waals surface area contributed by atoms with E-state index >= 15 is 0 Å². The lowest BCUT2D eigenvalue weighted by Crippen LogP contribution is -2.35. The Bertz CT molecular complexity index is 1040. The molecule has 1 aromatic heterocycles. The number of thiazole rings is 1. The molecule has 2 amide bonds. The third-order valence-corrected chi connectivity index (χ3v) is 5.48. The number of fused-ring (bicyclic) bond motifs is 1. The molecular formula is C22H25N3O5S. The van der Waals surface area contributed by atoms with Gasteiger partial charge in [0.25, 0.3) is 0 Å². The van der Waals surface area contributed by atoms with Crippen LogP contribution in [0.4, 0.5) is 15.6 Å². The summed E-state index contributed by atoms with van der Waals surface area (Å²) >= 11 is 1.38. The van der Waals surface area contributed by atoms with Crippen molar-refractivity contribution in [2.45, 2.75) is 26.2 Å². The number of aromatic nitrogens is 1. The van der Waals surface area contributed by atoms with Gasteiger partial charge in [-0.1, -0.05) is 31.1 Å². The highest BCUT2D eigenvalue weighted by Crippen LogP contribution is 2.30. The fraction of sp³-hybridized carbons (Fsp3) is 0.318. The number of carbonyl (C=O) groups is 2. The average Bonchev–Trinajstić information content (AvgIpc) is 3.17. The second-order valence-corrected chi connectivity index (χ2v) is 7.85. The van der Waals surface area contributed by atoms with Crippen LogP contribution in [0.25, 0.3) is 10.2 Å². The summed E-state index contributed by atoms with van der Waals surface area (Å²) in [5.41, 5.74) is 1.48. The van der Waals surface area contributed by atoms with Crippen LogP contribution in [0.2, 0.25) is 0 Å². The number of benzene rings is 2. The van der Waals surface area contributed by atoms with Crippen molar-refractivity contribution in [2.75, 3.05) is 30.5 Å². The van der Waals surface area contributed by atoms with E-state index in [1.807, 2.05) is 18.2 Å². The second kappa shape index (κ2) is 10.6. The highest BCUT2D eigenvalue weighted by molar-refractivity contribution is 7.22. The van der Waals surface area contributed by atoms with E-state index in [9.17, 15) is 9.59 Å². The Labute approximate surface area is 184 Å². The third-order valence-electron chi connectivity index (χ3n) is 4.55. The van der Waals surface area contributed by atoms with Crippen molar-refractivity contribution in [2.24, 2.45) is 0 Å². The molecule has 2 aromatic carbocycles. The van der Waals surface area contributed by atoms with Crippen molar-refractivity contribution in [3.8, 4) is 11.5 Å². The van der Waals surface area contributed by atoms with Crippen molar-refractivity contribution in [1.29, 1.82) is 0 Å². The maximum Gasteiger partial charge on any atom is 0.341 e. The van der Waals surface area contributed by atoms with Crippen LogP contribution in [0.15, 0.2) is 42.5 Å². The maximum absolute atomic E-state index is 13.1. The molecule has 0 aliphatic carbocycles. The molecular weight excluding hydrogens is 418 g/mol. The van der Waals surface area contributed by atoms with Crippen LogP contribution in [0.5, 0.6) is 11.5 Å². The molecule has 9 heteroatoms. The van der Waals surface area contributed by atoms with Crippen LogP contribution in [0.1, 0.15) is 26.2 Å². The molecule has 2 N–H and O–H groups in total. The maximum atomic E-state index is 13.1. The number of aliphatic carboxylic acids is 1. The summed E-state index contributed by atoms with van der Waals surface area (Å²) in [5.74, 6) is 0.124. The van der Waals surface area contributed by atoms with Crippen LogP contribution in [-0.2, 0) is 4.79 Å². The largest absolute Gasteiger partial charge is 0.497 e. The third kappa shape index (κ3) is 6.08. The number of hydrogen-bond acceptors (Lipinski definition) is 6. The predicted molar refractivity (Wildman–Crippen MR) is 122 cm³/mol. The van der Waals surface area contributed by atoms with Gasteiger partial charge in [-0.25, -0.2) is 14.6 Å². The van der Waals surface area contributed by atoms with E-state index in [4.69, 9.17) is 14.6 Å². The van der Waals surface area contributed by atoms with Crippen molar-refractivity contribution in [3.63, 3.8) is 0 Å². The standard InChI is InChI=1S/C22H25N3O5S/c1-3-4-5-12-25(15-6-8-16(9-7-15)30-14-20(26)27)22(28)24-21-23-18-11-10-17(29-2)13-19(18)31-21/h6-11,13H,3-5,12,14H2,1-2H3,(H,26,27)(H,23,24,28). The second-order valence-electron chi connectivity index (χ2n) is 6.82. The summed E-state index contributed by atoms with van der Waals surface area (Å²) < 4.78 is 11.3. The molecule has 0 spiro atoms. The first kappa shape index (κ1) is 22.4. The van der Waals surface area contributed by atoms with Gasteiger partial charge in [-0.3, -0.25) is 10.2 Å². The number of hydrogen-bond donors (Lipinski definition) is 2. The Hall–Kier alpha value is -3.33. The summed E-state index contributed by atoms with van der Waals surface area (Å²) in [6.07, 6.45) is 2.90. The van der Waals surface area contributed by atoms with Gasteiger partial charge in [-0.15, -0.1) is 0 Å². The minimum atomic E-state index is -1.04. The number of ether oxygens (including phenoxy) is 2. The van der Waals surface area contributed by atoms with E-state index in [2.05, 4.69) is 17.2 Å². The zero-order valence-electron chi connectivity index (χ0n) is 17.5. The molecule has 0 aliphatic rings. The quantitative estimate of drug-likeness (QED) is 0.428. The highest BCUT2D eigenvalue weighted by Gasteiger charge is 2.18. The highest BCUT2D eigenvalue weighted by atomic mass is 32.1. The molecule has 0 unspecified atom stereocenters. The number of nitrogens with one attached hydrogen (secondary N) is 1. The van der Waals surface area contributed by atoms with Crippen LogP contribution in [-0.4, -0.2) is 42.4 Å². The summed E-state index contributed by atoms with van der Waals surface area (Å²) in [6, 6.07) is 12.1. The number of unbranched alkanes of at least 4 members (excludes halogenated alkanes) is 2. The molecule has 0 saturated heterocycles. The summed E-state index contributed by atoms with van der Waals surface area (Å²) in [5, 5.41) is 12.1. The topological polar surface area (TPSA) is 101 Å². The number of urea groups is 1. The SMILES string of the molecule is CCCCCN(C(=O)Nc1nc2ccc(OC)cc2s1)c1ccc(OCC(=O)O)cc1. The van der Waals surface area contributed by atoms with Gasteiger partial charge in [0.1, 0.15) is 11.5 Å². The number of carboxylic acid groups (broad SMARTS) is 1. The van der Waals surface area contributed by atoms with Gasteiger partial charge < -0.3 is 14.6 Å². The van der Waals surface area contributed by atoms with Crippen molar-refractivity contribution in [3.05, 3.63) is 42.5 Å². The van der Waals surface area contributed by atoms with Gasteiger partial charge in [-0.05, 0) is 48.9 Å². The van der Waals surface area contributed by atoms with E-state index < -0.39 is 12.6 Å². The Morgan fingerprint density at radius 2 is 1.87 bits per heavy atom. The Morgan fingerprint density at radius 1 is 1.13 bits per heavy atom. The Morgan fingerprint density at radius 3 is 2.55 bits per heavy atom. The van der Waals surface area contributed by atoms with Crippen molar-refractivity contribution < 1.29 is 24.2 Å². The van der Waals surface area contributed by atoms with Gasteiger partial charge in [0.15, 0.2) is 11.7 Å². The lowest BCUT2D eigenvalue weighted by molar-refractivity contribution is -0.139. The zero-order chi connectivity index (χ0) is 22.2. The molecule has 0 atom stereocenters. The monoisotopic (exact) mass is 443 g/mol. The molecule has 31 heavy (non-hydrogen) atoms. The van der Waals surface area contributed by atoms with E-state index in [-0.39, 0.29) is 6.03 Å². The number of anilines is 2. The summed E-state index contributed by atoms with van der Waals surface area (Å²) in [7, 11) is 1.61. The predicted octanol–water partition coefficient (Wildman–Crippen LogP) is 5.00. The minimum absolute atomic E-state index is 0.277. The molecule has 164 valence electrons. The van der Waals surface area contributed by atoms with E-state index in [0.29, 0.717) is 23.1 Å². The Balaban J connectivity index is 1.75. The number of amides is 2. The fourth-order valence-electron chi connectivity index (χ4n) is 2.98. The normalized spacial score (nSPS) is 10.6. The van der Waals surface area contributed by atoms with Crippen molar-refractivity contribution in [1.82, 2.24) is 4.98 Å². The number of carbonyl (C=O) groups excluding carboxylic acids is 1. The van der Waals surface area contributed by atoms with Crippen LogP contribution >= 0.6 is 11.3 Å². The fourth-order valence-corrected chi connectivity index (χ4v) is 3.86. The number of methoxy groups -OCH3 is 1. The van der Waals surface area contributed by atoms with Crippen molar-refractivity contribution >= 4 is 44.4 Å². The molecule has 1 heterocycles. The first-order valence-corrected chi connectivity index (χ1v) is 10.8. The van der Waals surface area contributed by atoms with Gasteiger partial charge in [0.05, 0.1) is 17.3 Å². The number of rotatable bonds is 10. The zero-order valence-corrected chi connectivity index (χ0v) is 18.3. The summed E-state index contributed by atoms with van der Waals surface area (Å²) in [4.78, 5) is 29.9. The molecule has 0 radical (unpaired) electrons. The van der Waals surface area contributed by atoms with Gasteiger partial charge in [0.2, 0.25) is 0 Å². The molecule has 3 rings (SSSR count). The van der Waals surface area contributed by atoms with E-state index in [0.717, 1.165) is 35.2 Å². The van der Waals surface area contributed by atoms with Crippen LogP contribution < -0.4 is 19.7 Å². The van der Waals surface area contributed by atoms with Gasteiger partial charge in [0, 0.05) is 12.2 Å². The Kier molecular flexibility index (Phi) is 7.66. The smallest absolute Gasteiger partial charge is 0.341 e. The van der Waals surface area contributed by atoms with Gasteiger partial charge in [-0.2, -0.15) is 0 Å². The van der Waals surface area contributed by atoms with Gasteiger partial charge >= 0.3 is 12.0 Å². The molecule has 0 fully saturated rings. The molecule has 0 saturated carbocycles. The van der Waals surface area contributed by atoms with Crippen LogP contribution in [0, 0.1) is 0 Å². The minimum Gasteiger partial charge on any atom is -0.497 e. The summed E-state index contributed by atoms with van der Waals surface area (Å²) in [6.45, 7) is 2.24. The molecule has 0 bridgehead atoms. The first-order chi connectivity index (χ1) is 15.0. The molecule has 0 aliphatic heterocycles. The van der Waals surface area contributed by atoms with Crippen LogP contribution in [0.3, 0.4) is 0 Å². The first-order valence-electron chi connectivity index (χ1n) is 9.98. The lowest BCUT2D eigenvalue weighted by Gasteiger charge is -2.23. The lowest BCUT2D eigenvalue weighted by atomic mass is 10.2. The average molecular weight is 444 g/mol. The number of nitrogens with zero attached hydrogens (tertiary/aromatic N) is 2. The molecule has 3 aromatic rings.